The molecule has 1 N–H and O–H groups in total. The number of hydrogen-bond donors (Lipinski definition) is 1. The zero-order valence-electron chi connectivity index (χ0n) is 6.99. The van der Waals surface area contributed by atoms with E-state index in [2.05, 4.69) is 5.32 Å². The summed E-state index contributed by atoms with van der Waals surface area (Å²) in [6.07, 6.45) is 0. The molecule has 1 amide bonds. The second-order valence-electron chi connectivity index (χ2n) is 2.46. The van der Waals surface area contributed by atoms with E-state index in [0.717, 1.165) is 0 Å². The van der Waals surface area contributed by atoms with Gasteiger partial charge in [-0.25, -0.2) is 0 Å². The van der Waals surface area contributed by atoms with Gasteiger partial charge in [-0.15, -0.1) is 0 Å². The van der Waals surface area contributed by atoms with Gasteiger partial charge in [0.15, 0.2) is 5.76 Å². The van der Waals surface area contributed by atoms with Crippen LogP contribution in [-0.4, -0.2) is 18.4 Å². The van der Waals surface area contributed by atoms with Crippen LogP contribution in [0.25, 0.3) is 0 Å². The summed E-state index contributed by atoms with van der Waals surface area (Å²) >= 11 is 0. The molecule has 1 heterocycles. The molecule has 1 rings (SSSR count). The standard InChI is InChI=1S/C8H9NO4/c1-5-2-3-6(13-5)8(12)9-4-7(10)11/h2-3H,4H2,1H3,(H,9,12)(H,10,11)/p-1. The number of furan rings is 1. The first-order chi connectivity index (χ1) is 6.09. The zero-order chi connectivity index (χ0) is 9.84. The molecule has 1 aromatic heterocycles. The summed E-state index contributed by atoms with van der Waals surface area (Å²) in [6.45, 7) is 1.17. The summed E-state index contributed by atoms with van der Waals surface area (Å²) in [5.74, 6) is -1.20. The molecular weight excluding hydrogens is 174 g/mol. The van der Waals surface area contributed by atoms with Crippen LogP contribution in [0.15, 0.2) is 16.5 Å². The predicted octanol–water partition coefficient (Wildman–Crippen LogP) is -0.932. The second kappa shape index (κ2) is 3.75. The lowest BCUT2D eigenvalue weighted by Crippen LogP contribution is -2.37. The number of amides is 1. The van der Waals surface area contributed by atoms with Gasteiger partial charge in [0, 0.05) is 0 Å². The maximum absolute atomic E-state index is 11.1. The molecule has 0 radical (unpaired) electrons. The first kappa shape index (κ1) is 9.31. The van der Waals surface area contributed by atoms with E-state index < -0.39 is 18.4 Å². The zero-order valence-corrected chi connectivity index (χ0v) is 6.99. The van der Waals surface area contributed by atoms with E-state index in [1.54, 1.807) is 13.0 Å². The van der Waals surface area contributed by atoms with Crippen LogP contribution >= 0.6 is 0 Å². The molecule has 0 atom stereocenters. The van der Waals surface area contributed by atoms with Crippen molar-refractivity contribution in [3.8, 4) is 0 Å². The van der Waals surface area contributed by atoms with Crippen molar-refractivity contribution in [3.63, 3.8) is 0 Å². The molecule has 0 aliphatic heterocycles. The fourth-order valence-corrected chi connectivity index (χ4v) is 0.796. The van der Waals surface area contributed by atoms with Gasteiger partial charge in [-0.3, -0.25) is 4.79 Å². The minimum absolute atomic E-state index is 0.0961. The Labute approximate surface area is 74.4 Å². The molecule has 5 heteroatoms. The number of nitrogens with one attached hydrogen (secondary N) is 1. The maximum atomic E-state index is 11.1. The monoisotopic (exact) mass is 182 g/mol. The molecule has 0 spiro atoms. The molecule has 0 bridgehead atoms. The van der Waals surface area contributed by atoms with Crippen LogP contribution in [0, 0.1) is 6.92 Å². The van der Waals surface area contributed by atoms with Gasteiger partial charge < -0.3 is 19.6 Å². The normalized spacial score (nSPS) is 9.62. The quantitative estimate of drug-likeness (QED) is 0.654. The van der Waals surface area contributed by atoms with E-state index in [1.165, 1.54) is 6.07 Å². The summed E-state index contributed by atoms with van der Waals surface area (Å²) in [5, 5.41) is 12.1. The Morgan fingerprint density at radius 1 is 1.54 bits per heavy atom. The summed E-state index contributed by atoms with van der Waals surface area (Å²) in [5.41, 5.74) is 0. The lowest BCUT2D eigenvalue weighted by molar-refractivity contribution is -0.303. The molecule has 13 heavy (non-hydrogen) atoms. The highest BCUT2D eigenvalue weighted by Gasteiger charge is 2.08. The first-order valence-corrected chi connectivity index (χ1v) is 3.64. The maximum Gasteiger partial charge on any atom is 0.287 e. The second-order valence-corrected chi connectivity index (χ2v) is 2.46. The smallest absolute Gasteiger partial charge is 0.287 e. The number of carbonyl (C=O) groups is 2. The molecule has 0 saturated carbocycles. The van der Waals surface area contributed by atoms with E-state index >= 15 is 0 Å². The van der Waals surface area contributed by atoms with Crippen LogP contribution in [0.3, 0.4) is 0 Å². The predicted molar refractivity (Wildman–Crippen MR) is 40.8 cm³/mol. The molecule has 0 fully saturated rings. The van der Waals surface area contributed by atoms with E-state index in [1.807, 2.05) is 0 Å². The molecule has 0 unspecified atom stereocenters. The van der Waals surface area contributed by atoms with Gasteiger partial charge in [-0.05, 0) is 19.1 Å². The molecule has 1 aromatic rings. The van der Waals surface area contributed by atoms with Crippen molar-refractivity contribution in [2.75, 3.05) is 6.54 Å². The van der Waals surface area contributed by atoms with Crippen molar-refractivity contribution in [2.24, 2.45) is 0 Å². The Hall–Kier alpha value is -1.78. The number of carboxylic acid groups (broad SMARTS) is 1. The van der Waals surface area contributed by atoms with Gasteiger partial charge in [0.25, 0.3) is 5.91 Å². The average Bonchev–Trinajstić information content (AvgIpc) is 2.47. The Balaban J connectivity index is 2.54. The van der Waals surface area contributed by atoms with Crippen LogP contribution in [-0.2, 0) is 4.79 Å². The number of aryl methyl sites for hydroxylation is 1. The molecule has 0 aliphatic rings. The molecular formula is C8H8NO4-. The third-order valence-electron chi connectivity index (χ3n) is 1.36. The highest BCUT2D eigenvalue weighted by molar-refractivity contribution is 5.93. The molecule has 0 aromatic carbocycles. The Bertz CT molecular complexity index is 329. The average molecular weight is 182 g/mol. The lowest BCUT2D eigenvalue weighted by Gasteiger charge is -2.02. The number of carboxylic acids is 1. The summed E-state index contributed by atoms with van der Waals surface area (Å²) in [7, 11) is 0. The van der Waals surface area contributed by atoms with Crippen LogP contribution in [0.1, 0.15) is 16.3 Å². The van der Waals surface area contributed by atoms with Gasteiger partial charge in [-0.2, -0.15) is 0 Å². The molecule has 0 aliphatic carbocycles. The van der Waals surface area contributed by atoms with Gasteiger partial charge in [0.05, 0.1) is 12.5 Å². The summed E-state index contributed by atoms with van der Waals surface area (Å²) in [4.78, 5) is 21.1. The Kier molecular flexibility index (Phi) is 2.69. The van der Waals surface area contributed by atoms with Crippen molar-refractivity contribution < 1.29 is 19.1 Å². The number of rotatable bonds is 3. The first-order valence-electron chi connectivity index (χ1n) is 3.64. The highest BCUT2D eigenvalue weighted by atomic mass is 16.4. The van der Waals surface area contributed by atoms with Crippen LogP contribution in [0.5, 0.6) is 0 Å². The van der Waals surface area contributed by atoms with Crippen molar-refractivity contribution in [1.82, 2.24) is 5.32 Å². The van der Waals surface area contributed by atoms with Crippen molar-refractivity contribution in [1.29, 1.82) is 0 Å². The number of aliphatic carboxylic acids is 1. The van der Waals surface area contributed by atoms with Crippen molar-refractivity contribution in [2.45, 2.75) is 6.92 Å². The van der Waals surface area contributed by atoms with Crippen molar-refractivity contribution in [3.05, 3.63) is 23.7 Å². The third-order valence-corrected chi connectivity index (χ3v) is 1.36. The lowest BCUT2D eigenvalue weighted by atomic mass is 10.4. The van der Waals surface area contributed by atoms with E-state index in [-0.39, 0.29) is 5.76 Å². The Morgan fingerprint density at radius 2 is 2.23 bits per heavy atom. The largest absolute Gasteiger partial charge is 0.548 e. The molecule has 70 valence electrons. The summed E-state index contributed by atoms with van der Waals surface area (Å²) < 4.78 is 4.95. The highest BCUT2D eigenvalue weighted by Crippen LogP contribution is 2.05. The number of hydrogen-bond acceptors (Lipinski definition) is 4. The van der Waals surface area contributed by atoms with Crippen LogP contribution in [0.4, 0.5) is 0 Å². The Morgan fingerprint density at radius 3 is 2.69 bits per heavy atom. The number of carbonyl (C=O) groups excluding carboxylic acids is 2. The third kappa shape index (κ3) is 2.62. The fraction of sp³-hybridized carbons (Fsp3) is 0.250. The van der Waals surface area contributed by atoms with Gasteiger partial charge in [0.1, 0.15) is 5.76 Å². The SMILES string of the molecule is Cc1ccc(C(=O)NCC(=O)[O-])o1. The van der Waals surface area contributed by atoms with Crippen molar-refractivity contribution >= 4 is 11.9 Å². The van der Waals surface area contributed by atoms with Gasteiger partial charge >= 0.3 is 0 Å². The van der Waals surface area contributed by atoms with Gasteiger partial charge in [-0.1, -0.05) is 0 Å². The minimum Gasteiger partial charge on any atom is -0.548 e. The molecule has 5 nitrogen and oxygen atoms in total. The fourth-order valence-electron chi connectivity index (χ4n) is 0.796. The van der Waals surface area contributed by atoms with E-state index in [9.17, 15) is 14.7 Å². The minimum atomic E-state index is -1.34. The summed E-state index contributed by atoms with van der Waals surface area (Å²) in [6, 6.07) is 3.09. The van der Waals surface area contributed by atoms with Crippen LogP contribution < -0.4 is 10.4 Å². The van der Waals surface area contributed by atoms with E-state index in [0.29, 0.717) is 5.76 Å². The van der Waals surface area contributed by atoms with Gasteiger partial charge in [0.2, 0.25) is 0 Å². The topological polar surface area (TPSA) is 82.4 Å². The molecule has 0 saturated heterocycles. The van der Waals surface area contributed by atoms with E-state index in [4.69, 9.17) is 4.42 Å². The van der Waals surface area contributed by atoms with Crippen LogP contribution in [0.2, 0.25) is 0 Å².